The predicted octanol–water partition coefficient (Wildman–Crippen LogP) is 1.36. The summed E-state index contributed by atoms with van der Waals surface area (Å²) in [5.41, 5.74) is 4.76. The number of amides is 1. The summed E-state index contributed by atoms with van der Waals surface area (Å²) in [6, 6.07) is 0. The van der Waals surface area contributed by atoms with Gasteiger partial charge in [-0.05, 0) is 38.5 Å². The van der Waals surface area contributed by atoms with Gasteiger partial charge in [-0.15, -0.1) is 0 Å². The summed E-state index contributed by atoms with van der Waals surface area (Å²) in [5.74, 6) is -0.693. The lowest BCUT2D eigenvalue weighted by Crippen LogP contribution is -2.61. The van der Waals surface area contributed by atoms with Gasteiger partial charge in [-0.25, -0.2) is 0 Å². The number of hydrogen-bond donors (Lipinski definition) is 2. The number of likely N-dealkylation sites (tertiary alicyclic amines) is 1. The molecule has 1 heterocycles. The Bertz CT molecular complexity index is 369. The molecular formula is C14H24N2O3. The number of hydrogen-bond acceptors (Lipinski definition) is 3. The van der Waals surface area contributed by atoms with E-state index >= 15 is 0 Å². The third-order valence-electron chi connectivity index (χ3n) is 4.86. The lowest BCUT2D eigenvalue weighted by Gasteiger charge is -2.44. The number of nitrogens with two attached hydrogens (primary N) is 1. The highest BCUT2D eigenvalue weighted by Gasteiger charge is 2.46. The Morgan fingerprint density at radius 3 is 2.16 bits per heavy atom. The van der Waals surface area contributed by atoms with Crippen molar-refractivity contribution in [1.29, 1.82) is 0 Å². The summed E-state index contributed by atoms with van der Waals surface area (Å²) in [7, 11) is 0. The van der Waals surface area contributed by atoms with Crippen molar-refractivity contribution in [2.75, 3.05) is 13.1 Å². The van der Waals surface area contributed by atoms with Gasteiger partial charge in [0.2, 0.25) is 5.91 Å². The molecule has 0 unspecified atom stereocenters. The lowest BCUT2D eigenvalue weighted by atomic mass is 9.73. The molecule has 0 aromatic heterocycles. The van der Waals surface area contributed by atoms with E-state index in [0.29, 0.717) is 32.4 Å². The van der Waals surface area contributed by atoms with Crippen molar-refractivity contribution >= 4 is 11.9 Å². The van der Waals surface area contributed by atoms with Gasteiger partial charge in [0.1, 0.15) is 0 Å². The van der Waals surface area contributed by atoms with Gasteiger partial charge >= 0.3 is 5.97 Å². The van der Waals surface area contributed by atoms with Crippen LogP contribution < -0.4 is 5.73 Å². The van der Waals surface area contributed by atoms with Gasteiger partial charge in [-0.3, -0.25) is 9.59 Å². The largest absolute Gasteiger partial charge is 0.481 e. The van der Waals surface area contributed by atoms with E-state index in [-0.39, 0.29) is 5.91 Å². The van der Waals surface area contributed by atoms with E-state index in [1.54, 1.807) is 4.90 Å². The van der Waals surface area contributed by atoms with Gasteiger partial charge in [0.15, 0.2) is 0 Å². The average Bonchev–Trinajstić information content (AvgIpc) is 2.36. The van der Waals surface area contributed by atoms with E-state index < -0.39 is 16.9 Å². The molecular weight excluding hydrogens is 244 g/mol. The summed E-state index contributed by atoms with van der Waals surface area (Å²) in [6.45, 7) is 3.07. The zero-order valence-electron chi connectivity index (χ0n) is 11.7. The summed E-state index contributed by atoms with van der Waals surface area (Å²) < 4.78 is 0. The van der Waals surface area contributed by atoms with Gasteiger partial charge in [-0.1, -0.05) is 13.3 Å². The van der Waals surface area contributed by atoms with Crippen molar-refractivity contribution in [3.05, 3.63) is 0 Å². The van der Waals surface area contributed by atoms with Crippen LogP contribution in [0.2, 0.25) is 0 Å². The van der Waals surface area contributed by atoms with Crippen LogP contribution in [-0.4, -0.2) is 40.5 Å². The first-order chi connectivity index (χ1) is 8.93. The second kappa shape index (κ2) is 5.12. The minimum Gasteiger partial charge on any atom is -0.481 e. The Morgan fingerprint density at radius 2 is 1.79 bits per heavy atom. The number of carboxylic acid groups (broad SMARTS) is 1. The zero-order chi connectivity index (χ0) is 14.1. The normalized spacial score (nSPS) is 24.6. The molecule has 0 aromatic carbocycles. The molecule has 5 heteroatoms. The molecule has 1 saturated heterocycles. The van der Waals surface area contributed by atoms with Gasteiger partial charge in [0, 0.05) is 13.1 Å². The van der Waals surface area contributed by atoms with Crippen molar-refractivity contribution < 1.29 is 14.7 Å². The first-order valence-corrected chi connectivity index (χ1v) is 7.25. The number of rotatable bonds is 4. The highest BCUT2D eigenvalue weighted by Crippen LogP contribution is 2.38. The van der Waals surface area contributed by atoms with Crippen LogP contribution in [0.15, 0.2) is 0 Å². The molecule has 108 valence electrons. The zero-order valence-corrected chi connectivity index (χ0v) is 11.7. The second-order valence-electron chi connectivity index (χ2n) is 6.14. The summed E-state index contributed by atoms with van der Waals surface area (Å²) in [6.07, 6.45) is 5.21. The fourth-order valence-corrected chi connectivity index (χ4v) is 3.27. The monoisotopic (exact) mass is 268 g/mol. The lowest BCUT2D eigenvalue weighted by molar-refractivity contribution is -0.156. The molecule has 0 spiro atoms. The highest BCUT2D eigenvalue weighted by atomic mass is 16.4. The van der Waals surface area contributed by atoms with Crippen molar-refractivity contribution in [3.8, 4) is 0 Å². The van der Waals surface area contributed by atoms with Crippen molar-refractivity contribution in [1.82, 2.24) is 4.90 Å². The molecule has 5 nitrogen and oxygen atoms in total. The maximum absolute atomic E-state index is 12.3. The summed E-state index contributed by atoms with van der Waals surface area (Å²) >= 11 is 0. The number of carboxylic acids is 1. The number of piperidine rings is 1. The van der Waals surface area contributed by atoms with Gasteiger partial charge in [0.25, 0.3) is 0 Å². The molecule has 0 aromatic rings. The third-order valence-corrected chi connectivity index (χ3v) is 4.86. The quantitative estimate of drug-likeness (QED) is 0.806. The fourth-order valence-electron chi connectivity index (χ4n) is 3.27. The standard InChI is InChI=1S/C14H24N2O3/c1-2-4-13(12(18)19)7-9-16(10-8-13)11(17)14(15)5-3-6-14/h2-10,15H2,1H3,(H,18,19). The number of carbonyl (C=O) groups excluding carboxylic acids is 1. The van der Waals surface area contributed by atoms with E-state index in [0.717, 1.165) is 25.7 Å². The highest BCUT2D eigenvalue weighted by molar-refractivity contribution is 5.87. The van der Waals surface area contributed by atoms with Gasteiger partial charge in [0.05, 0.1) is 11.0 Å². The van der Waals surface area contributed by atoms with Crippen LogP contribution in [-0.2, 0) is 9.59 Å². The Balaban J connectivity index is 1.98. The first kappa shape index (κ1) is 14.3. The summed E-state index contributed by atoms with van der Waals surface area (Å²) in [4.78, 5) is 25.5. The van der Waals surface area contributed by atoms with Gasteiger partial charge in [-0.2, -0.15) is 0 Å². The van der Waals surface area contributed by atoms with Crippen LogP contribution in [0.5, 0.6) is 0 Å². The molecule has 0 atom stereocenters. The van der Waals surface area contributed by atoms with E-state index in [2.05, 4.69) is 0 Å². The molecule has 1 aliphatic carbocycles. The molecule has 19 heavy (non-hydrogen) atoms. The Kier molecular flexibility index (Phi) is 3.85. The number of nitrogens with zero attached hydrogens (tertiary/aromatic N) is 1. The van der Waals surface area contributed by atoms with Gasteiger partial charge < -0.3 is 15.7 Å². The fraction of sp³-hybridized carbons (Fsp3) is 0.857. The Morgan fingerprint density at radius 1 is 1.21 bits per heavy atom. The minimum atomic E-state index is -0.715. The Hall–Kier alpha value is -1.10. The van der Waals surface area contributed by atoms with E-state index in [4.69, 9.17) is 5.73 Å². The maximum atomic E-state index is 12.3. The maximum Gasteiger partial charge on any atom is 0.309 e. The molecule has 2 rings (SSSR count). The molecule has 1 amide bonds. The second-order valence-corrected chi connectivity index (χ2v) is 6.14. The van der Waals surface area contributed by atoms with Crippen molar-refractivity contribution in [2.45, 2.75) is 57.4 Å². The molecule has 1 aliphatic heterocycles. The number of aliphatic carboxylic acids is 1. The van der Waals surface area contributed by atoms with Crippen molar-refractivity contribution in [3.63, 3.8) is 0 Å². The van der Waals surface area contributed by atoms with Crippen LogP contribution >= 0.6 is 0 Å². The first-order valence-electron chi connectivity index (χ1n) is 7.25. The van der Waals surface area contributed by atoms with Crippen LogP contribution in [0.4, 0.5) is 0 Å². The van der Waals surface area contributed by atoms with E-state index in [1.165, 1.54) is 0 Å². The molecule has 3 N–H and O–H groups in total. The SMILES string of the molecule is CCCC1(C(=O)O)CCN(C(=O)C2(N)CCC2)CC1. The van der Waals surface area contributed by atoms with Crippen LogP contribution in [0, 0.1) is 5.41 Å². The smallest absolute Gasteiger partial charge is 0.309 e. The summed E-state index contributed by atoms with van der Waals surface area (Å²) in [5, 5.41) is 9.43. The Labute approximate surface area is 114 Å². The molecule has 2 fully saturated rings. The minimum absolute atomic E-state index is 0.0224. The van der Waals surface area contributed by atoms with Crippen molar-refractivity contribution in [2.24, 2.45) is 11.1 Å². The van der Waals surface area contributed by atoms with Crippen LogP contribution in [0.25, 0.3) is 0 Å². The molecule has 1 saturated carbocycles. The van der Waals surface area contributed by atoms with E-state index in [9.17, 15) is 14.7 Å². The molecule has 0 bridgehead atoms. The predicted molar refractivity (Wildman–Crippen MR) is 71.6 cm³/mol. The van der Waals surface area contributed by atoms with E-state index in [1.807, 2.05) is 6.92 Å². The van der Waals surface area contributed by atoms with Crippen LogP contribution in [0.3, 0.4) is 0 Å². The molecule has 0 radical (unpaired) electrons. The van der Waals surface area contributed by atoms with Crippen LogP contribution in [0.1, 0.15) is 51.9 Å². The number of carbonyl (C=O) groups is 2. The third kappa shape index (κ3) is 2.48. The topological polar surface area (TPSA) is 83.6 Å². The average molecular weight is 268 g/mol. The molecule has 2 aliphatic rings.